The number of carbonyl (C=O) groups is 1. The van der Waals surface area contributed by atoms with Crippen molar-refractivity contribution in [1.29, 1.82) is 0 Å². The van der Waals surface area contributed by atoms with Gasteiger partial charge in [0, 0.05) is 27.1 Å². The minimum absolute atomic E-state index is 0.155. The van der Waals surface area contributed by atoms with Gasteiger partial charge in [0.15, 0.2) is 5.43 Å². The van der Waals surface area contributed by atoms with E-state index in [4.69, 9.17) is 9.90 Å². The van der Waals surface area contributed by atoms with Crippen molar-refractivity contribution in [1.82, 2.24) is 0 Å². The van der Waals surface area contributed by atoms with Crippen molar-refractivity contribution < 1.29 is 9.90 Å². The third kappa shape index (κ3) is 2.86. The molecule has 3 nitrogen and oxygen atoms in total. The van der Waals surface area contributed by atoms with Crippen LogP contribution < -0.4 is 5.43 Å². The minimum atomic E-state index is -0.833. The van der Waals surface area contributed by atoms with Crippen LogP contribution in [0, 0.1) is 6.92 Å². The van der Waals surface area contributed by atoms with Gasteiger partial charge in [-0.1, -0.05) is 24.3 Å². The number of aliphatic carboxylic acids is 1. The van der Waals surface area contributed by atoms with Crippen LogP contribution >= 0.6 is 11.3 Å². The summed E-state index contributed by atoms with van der Waals surface area (Å²) in [6.07, 6.45) is 0. The Morgan fingerprint density at radius 1 is 1.05 bits per heavy atom. The van der Waals surface area contributed by atoms with E-state index in [1.807, 2.05) is 49.4 Å². The van der Waals surface area contributed by atoms with E-state index in [0.717, 1.165) is 32.7 Å². The molecule has 2 aromatic carbocycles. The van der Waals surface area contributed by atoms with Crippen LogP contribution in [0.2, 0.25) is 0 Å². The maximum atomic E-state index is 12.3. The van der Waals surface area contributed by atoms with Crippen LogP contribution in [0.25, 0.3) is 20.2 Å². The quantitative estimate of drug-likeness (QED) is 0.639. The van der Waals surface area contributed by atoms with Crippen molar-refractivity contribution in [3.8, 4) is 0 Å². The lowest BCUT2D eigenvalue weighted by Crippen LogP contribution is -2.02. The summed E-state index contributed by atoms with van der Waals surface area (Å²) in [7, 11) is 0. The van der Waals surface area contributed by atoms with Crippen LogP contribution in [-0.2, 0) is 4.79 Å². The molecule has 0 saturated carbocycles. The molecule has 0 spiro atoms. The Balaban J connectivity index is 0.000000328. The highest BCUT2D eigenvalue weighted by Gasteiger charge is 2.06. The lowest BCUT2D eigenvalue weighted by Gasteiger charge is -2.02. The van der Waals surface area contributed by atoms with E-state index in [0.29, 0.717) is 0 Å². The summed E-state index contributed by atoms with van der Waals surface area (Å²) in [4.78, 5) is 21.3. The molecule has 0 amide bonds. The van der Waals surface area contributed by atoms with E-state index in [1.54, 1.807) is 11.3 Å². The molecule has 1 aromatic heterocycles. The Morgan fingerprint density at radius 3 is 2.35 bits per heavy atom. The normalized spacial score (nSPS) is 10.1. The van der Waals surface area contributed by atoms with E-state index in [9.17, 15) is 4.79 Å². The first-order valence-electron chi connectivity index (χ1n) is 6.11. The summed E-state index contributed by atoms with van der Waals surface area (Å²) in [5, 5.41) is 9.11. The largest absolute Gasteiger partial charge is 0.481 e. The molecule has 3 rings (SSSR count). The highest BCUT2D eigenvalue weighted by Crippen LogP contribution is 2.25. The average Bonchev–Trinajstić information content (AvgIpc) is 2.38. The maximum absolute atomic E-state index is 12.3. The van der Waals surface area contributed by atoms with Crippen LogP contribution in [-0.4, -0.2) is 11.1 Å². The fraction of sp³-hybridized carbons (Fsp3) is 0.125. The maximum Gasteiger partial charge on any atom is 0.300 e. The van der Waals surface area contributed by atoms with Crippen LogP contribution in [0.15, 0.2) is 47.3 Å². The zero-order chi connectivity index (χ0) is 14.7. The van der Waals surface area contributed by atoms with Crippen LogP contribution in [0.1, 0.15) is 12.5 Å². The molecular formula is C16H14O3S. The second-order valence-corrected chi connectivity index (χ2v) is 5.48. The number of aryl methyl sites for hydroxylation is 1. The summed E-state index contributed by atoms with van der Waals surface area (Å²) < 4.78 is 2.13. The number of fused-ring (bicyclic) bond motifs is 2. The van der Waals surface area contributed by atoms with Gasteiger partial charge in [0.05, 0.1) is 0 Å². The standard InChI is InChI=1S/C14H10OS.C2H4O2/c1-9-5-4-8-12-13(9)14(15)10-6-2-3-7-11(10)16-12;1-2(3)4/h2-8H,1H3;1H3,(H,3,4). The van der Waals surface area contributed by atoms with Gasteiger partial charge in [-0.2, -0.15) is 0 Å². The smallest absolute Gasteiger partial charge is 0.300 e. The third-order valence-corrected chi connectivity index (χ3v) is 3.95. The average molecular weight is 286 g/mol. The first kappa shape index (κ1) is 14.2. The van der Waals surface area contributed by atoms with Crippen LogP contribution in [0.5, 0.6) is 0 Å². The summed E-state index contributed by atoms with van der Waals surface area (Å²) in [6.45, 7) is 3.07. The van der Waals surface area contributed by atoms with Crippen molar-refractivity contribution in [2.75, 3.05) is 0 Å². The third-order valence-electron chi connectivity index (χ3n) is 2.81. The molecule has 0 aliphatic heterocycles. The summed E-state index contributed by atoms with van der Waals surface area (Å²) in [5.41, 5.74) is 1.21. The second-order valence-electron chi connectivity index (χ2n) is 4.39. The molecule has 20 heavy (non-hydrogen) atoms. The van der Waals surface area contributed by atoms with Gasteiger partial charge < -0.3 is 5.11 Å². The highest BCUT2D eigenvalue weighted by molar-refractivity contribution is 7.24. The number of carboxylic acids is 1. The first-order valence-corrected chi connectivity index (χ1v) is 6.93. The molecule has 0 aliphatic carbocycles. The van der Waals surface area contributed by atoms with Crippen molar-refractivity contribution in [3.63, 3.8) is 0 Å². The molecular weight excluding hydrogens is 272 g/mol. The molecule has 0 unspecified atom stereocenters. The van der Waals surface area contributed by atoms with Gasteiger partial charge >= 0.3 is 0 Å². The Morgan fingerprint density at radius 2 is 1.65 bits per heavy atom. The van der Waals surface area contributed by atoms with Crippen molar-refractivity contribution in [2.24, 2.45) is 0 Å². The molecule has 102 valence electrons. The zero-order valence-corrected chi connectivity index (χ0v) is 12.0. The van der Waals surface area contributed by atoms with E-state index in [-0.39, 0.29) is 5.43 Å². The number of carboxylic acid groups (broad SMARTS) is 1. The van der Waals surface area contributed by atoms with Crippen LogP contribution in [0.3, 0.4) is 0 Å². The number of benzene rings is 2. The van der Waals surface area contributed by atoms with Crippen molar-refractivity contribution in [2.45, 2.75) is 13.8 Å². The molecule has 0 aliphatic rings. The molecule has 0 bridgehead atoms. The first-order chi connectivity index (χ1) is 9.50. The number of rotatable bonds is 0. The lowest BCUT2D eigenvalue weighted by molar-refractivity contribution is -0.134. The van der Waals surface area contributed by atoms with Gasteiger partial charge in [-0.05, 0) is 30.7 Å². The van der Waals surface area contributed by atoms with E-state index < -0.39 is 5.97 Å². The topological polar surface area (TPSA) is 54.4 Å². The molecule has 4 heteroatoms. The van der Waals surface area contributed by atoms with E-state index in [1.165, 1.54) is 0 Å². The molecule has 3 aromatic rings. The van der Waals surface area contributed by atoms with E-state index >= 15 is 0 Å². The summed E-state index contributed by atoms with van der Waals surface area (Å²) in [6, 6.07) is 13.8. The molecule has 1 heterocycles. The van der Waals surface area contributed by atoms with Gasteiger partial charge in [0.25, 0.3) is 5.97 Å². The Labute approximate surface area is 120 Å². The van der Waals surface area contributed by atoms with E-state index in [2.05, 4.69) is 0 Å². The SMILES string of the molecule is CC(=O)O.Cc1cccc2sc3ccccc3c(=O)c12. The molecule has 0 atom stereocenters. The molecule has 0 saturated heterocycles. The summed E-state index contributed by atoms with van der Waals surface area (Å²) in [5.74, 6) is -0.833. The minimum Gasteiger partial charge on any atom is -0.481 e. The van der Waals surface area contributed by atoms with Crippen molar-refractivity contribution in [3.05, 3.63) is 58.3 Å². The van der Waals surface area contributed by atoms with Gasteiger partial charge in [0.1, 0.15) is 0 Å². The molecule has 0 radical (unpaired) electrons. The number of hydrogen-bond donors (Lipinski definition) is 1. The predicted molar refractivity (Wildman–Crippen MR) is 83.6 cm³/mol. The molecule has 1 N–H and O–H groups in total. The van der Waals surface area contributed by atoms with Gasteiger partial charge in [-0.3, -0.25) is 9.59 Å². The monoisotopic (exact) mass is 286 g/mol. The van der Waals surface area contributed by atoms with Crippen molar-refractivity contribution >= 4 is 37.5 Å². The fourth-order valence-corrected chi connectivity index (χ4v) is 3.17. The Bertz CT molecular complexity index is 830. The molecule has 0 fully saturated rings. The van der Waals surface area contributed by atoms with Gasteiger partial charge in [-0.25, -0.2) is 0 Å². The highest BCUT2D eigenvalue weighted by atomic mass is 32.1. The number of hydrogen-bond acceptors (Lipinski definition) is 3. The van der Waals surface area contributed by atoms with Crippen LogP contribution in [0.4, 0.5) is 0 Å². The predicted octanol–water partition coefficient (Wildman–Crippen LogP) is 3.81. The summed E-state index contributed by atoms with van der Waals surface area (Å²) >= 11 is 1.68. The zero-order valence-electron chi connectivity index (χ0n) is 11.2. The Kier molecular flexibility index (Phi) is 4.15. The second kappa shape index (κ2) is 5.84. The Hall–Kier alpha value is -2.20. The van der Waals surface area contributed by atoms with Gasteiger partial charge in [-0.15, -0.1) is 11.3 Å². The lowest BCUT2D eigenvalue weighted by atomic mass is 10.1. The fourth-order valence-electron chi connectivity index (χ4n) is 2.01. The van der Waals surface area contributed by atoms with Gasteiger partial charge in [0.2, 0.25) is 0 Å².